The molecule has 1 fully saturated rings. The van der Waals surface area contributed by atoms with Crippen molar-refractivity contribution in [2.75, 3.05) is 0 Å². The molecule has 0 radical (unpaired) electrons. The molecule has 2 atom stereocenters. The molecule has 1 aliphatic rings. The van der Waals surface area contributed by atoms with Crippen LogP contribution in [0.3, 0.4) is 0 Å². The zero-order valence-corrected chi connectivity index (χ0v) is 11.5. The highest BCUT2D eigenvalue weighted by Gasteiger charge is 2.25. The summed E-state index contributed by atoms with van der Waals surface area (Å²) in [5.74, 6) is 0.723. The van der Waals surface area contributed by atoms with Gasteiger partial charge in [-0.05, 0) is 38.7 Å². The molecule has 0 saturated heterocycles. The fourth-order valence-corrected chi connectivity index (χ4v) is 3.47. The number of aryl methyl sites for hydroxylation is 2. The first-order valence-electron chi connectivity index (χ1n) is 6.28. The minimum Gasteiger partial charge on any atom is -0.474 e. The number of rotatable bonds is 2. The van der Waals surface area contributed by atoms with Crippen molar-refractivity contribution in [2.24, 2.45) is 5.73 Å². The summed E-state index contributed by atoms with van der Waals surface area (Å²) in [4.78, 5) is 10.9. The van der Waals surface area contributed by atoms with Crippen molar-refractivity contribution in [3.8, 4) is 5.88 Å². The smallest absolute Gasteiger partial charge is 0.225 e. The van der Waals surface area contributed by atoms with E-state index in [4.69, 9.17) is 10.5 Å². The third kappa shape index (κ3) is 1.97. The summed E-state index contributed by atoms with van der Waals surface area (Å²) in [6.45, 7) is 4.21. The van der Waals surface area contributed by atoms with E-state index < -0.39 is 0 Å². The molecule has 0 spiro atoms. The van der Waals surface area contributed by atoms with Crippen LogP contribution in [0, 0.1) is 13.8 Å². The van der Waals surface area contributed by atoms with E-state index in [9.17, 15) is 0 Å². The first kappa shape index (κ1) is 11.9. The van der Waals surface area contributed by atoms with Gasteiger partial charge in [-0.15, -0.1) is 11.3 Å². The van der Waals surface area contributed by atoms with Crippen molar-refractivity contribution in [1.82, 2.24) is 9.97 Å². The van der Waals surface area contributed by atoms with Crippen LogP contribution >= 0.6 is 11.3 Å². The second-order valence-electron chi connectivity index (χ2n) is 4.96. The van der Waals surface area contributed by atoms with Gasteiger partial charge in [0.05, 0.1) is 5.39 Å². The molecule has 0 aromatic carbocycles. The minimum absolute atomic E-state index is 0.206. The van der Waals surface area contributed by atoms with E-state index in [1.165, 1.54) is 10.4 Å². The second kappa shape index (κ2) is 4.48. The molecule has 96 valence electrons. The van der Waals surface area contributed by atoms with Gasteiger partial charge < -0.3 is 10.5 Å². The van der Waals surface area contributed by atoms with Crippen LogP contribution in [0.5, 0.6) is 5.88 Å². The molecule has 18 heavy (non-hydrogen) atoms. The molecule has 1 aliphatic carbocycles. The normalized spacial score (nSPS) is 23.7. The quantitative estimate of drug-likeness (QED) is 0.904. The molecule has 4 nitrogen and oxygen atoms in total. The molecule has 0 amide bonds. The summed E-state index contributed by atoms with van der Waals surface area (Å²) in [6, 6.07) is 0.276. The minimum atomic E-state index is 0.206. The van der Waals surface area contributed by atoms with Crippen molar-refractivity contribution >= 4 is 21.6 Å². The van der Waals surface area contributed by atoms with E-state index in [1.807, 2.05) is 0 Å². The van der Waals surface area contributed by atoms with Crippen molar-refractivity contribution in [3.63, 3.8) is 0 Å². The Kier molecular flexibility index (Phi) is 2.95. The Bertz CT molecular complexity index is 581. The van der Waals surface area contributed by atoms with Crippen LogP contribution < -0.4 is 10.5 Å². The van der Waals surface area contributed by atoms with Gasteiger partial charge in [-0.25, -0.2) is 9.97 Å². The van der Waals surface area contributed by atoms with Crippen LogP contribution in [0.1, 0.15) is 29.7 Å². The maximum Gasteiger partial charge on any atom is 0.225 e. The highest BCUT2D eigenvalue weighted by atomic mass is 32.1. The van der Waals surface area contributed by atoms with Crippen LogP contribution in [0.15, 0.2) is 6.33 Å². The number of fused-ring (bicyclic) bond motifs is 1. The van der Waals surface area contributed by atoms with E-state index in [2.05, 4.69) is 23.8 Å². The standard InChI is InChI=1S/C13H17N3OS/c1-7-8(2)18-13-11(7)12(15-6-16-13)17-10-4-3-9(14)5-10/h6,9-10H,3-5,14H2,1-2H3. The third-order valence-corrected chi connectivity index (χ3v) is 4.75. The third-order valence-electron chi connectivity index (χ3n) is 3.63. The number of ether oxygens (including phenoxy) is 1. The highest BCUT2D eigenvalue weighted by molar-refractivity contribution is 7.18. The predicted octanol–water partition coefficient (Wildman–Crippen LogP) is 2.57. The van der Waals surface area contributed by atoms with E-state index in [-0.39, 0.29) is 12.1 Å². The maximum atomic E-state index is 6.03. The lowest BCUT2D eigenvalue weighted by atomic mass is 10.2. The van der Waals surface area contributed by atoms with Crippen LogP contribution in [0.2, 0.25) is 0 Å². The van der Waals surface area contributed by atoms with Crippen LogP contribution in [0.4, 0.5) is 0 Å². The summed E-state index contributed by atoms with van der Waals surface area (Å²) < 4.78 is 6.03. The molecule has 5 heteroatoms. The van der Waals surface area contributed by atoms with Crippen molar-refractivity contribution in [2.45, 2.75) is 45.3 Å². The Morgan fingerprint density at radius 3 is 2.89 bits per heavy atom. The monoisotopic (exact) mass is 263 g/mol. The van der Waals surface area contributed by atoms with Gasteiger partial charge in [-0.3, -0.25) is 0 Å². The fourth-order valence-electron chi connectivity index (χ4n) is 2.48. The fraction of sp³-hybridized carbons (Fsp3) is 0.538. The van der Waals surface area contributed by atoms with Gasteiger partial charge in [-0.2, -0.15) is 0 Å². The lowest BCUT2D eigenvalue weighted by Gasteiger charge is -2.13. The number of nitrogens with two attached hydrogens (primary N) is 1. The topological polar surface area (TPSA) is 61.0 Å². The molecule has 3 rings (SSSR count). The Morgan fingerprint density at radius 1 is 1.33 bits per heavy atom. The lowest BCUT2D eigenvalue weighted by Crippen LogP contribution is -2.19. The Labute approximate surface area is 110 Å². The lowest BCUT2D eigenvalue weighted by molar-refractivity contribution is 0.202. The average Bonchev–Trinajstić information content (AvgIpc) is 2.86. The van der Waals surface area contributed by atoms with Gasteiger partial charge in [0.1, 0.15) is 17.3 Å². The summed E-state index contributed by atoms with van der Waals surface area (Å²) in [7, 11) is 0. The van der Waals surface area contributed by atoms with E-state index in [0.717, 1.165) is 35.4 Å². The molecule has 2 aromatic heterocycles. The Morgan fingerprint density at radius 2 is 2.17 bits per heavy atom. The van der Waals surface area contributed by atoms with Crippen LogP contribution in [-0.4, -0.2) is 22.1 Å². The number of hydrogen-bond acceptors (Lipinski definition) is 5. The van der Waals surface area contributed by atoms with Crippen LogP contribution in [-0.2, 0) is 0 Å². The van der Waals surface area contributed by atoms with E-state index >= 15 is 0 Å². The van der Waals surface area contributed by atoms with Gasteiger partial charge in [0, 0.05) is 10.9 Å². The zero-order chi connectivity index (χ0) is 12.7. The van der Waals surface area contributed by atoms with E-state index in [0.29, 0.717) is 0 Å². The summed E-state index contributed by atoms with van der Waals surface area (Å²) in [5, 5.41) is 1.07. The van der Waals surface area contributed by atoms with Crippen LogP contribution in [0.25, 0.3) is 10.2 Å². The van der Waals surface area contributed by atoms with Gasteiger partial charge >= 0.3 is 0 Å². The summed E-state index contributed by atoms with van der Waals surface area (Å²) in [5.41, 5.74) is 7.14. The first-order chi connectivity index (χ1) is 8.65. The molecule has 2 unspecified atom stereocenters. The van der Waals surface area contributed by atoms with E-state index in [1.54, 1.807) is 17.7 Å². The molecule has 0 aliphatic heterocycles. The Balaban J connectivity index is 1.96. The molecule has 2 heterocycles. The first-order valence-corrected chi connectivity index (χ1v) is 7.09. The molecular weight excluding hydrogens is 246 g/mol. The molecule has 2 aromatic rings. The highest BCUT2D eigenvalue weighted by Crippen LogP contribution is 2.35. The number of thiophene rings is 1. The SMILES string of the molecule is Cc1sc2ncnc(OC3CCC(N)C3)c2c1C. The van der Waals surface area contributed by atoms with Gasteiger partial charge in [-0.1, -0.05) is 0 Å². The average molecular weight is 263 g/mol. The molecule has 1 saturated carbocycles. The van der Waals surface area contributed by atoms with Gasteiger partial charge in [0.15, 0.2) is 0 Å². The Hall–Kier alpha value is -1.20. The van der Waals surface area contributed by atoms with Crippen molar-refractivity contribution < 1.29 is 4.74 Å². The number of nitrogens with zero attached hydrogens (tertiary/aromatic N) is 2. The van der Waals surface area contributed by atoms with Crippen molar-refractivity contribution in [3.05, 3.63) is 16.8 Å². The van der Waals surface area contributed by atoms with Gasteiger partial charge in [0.25, 0.3) is 0 Å². The summed E-state index contributed by atoms with van der Waals surface area (Å²) >= 11 is 1.70. The largest absolute Gasteiger partial charge is 0.474 e. The van der Waals surface area contributed by atoms with Gasteiger partial charge in [0.2, 0.25) is 5.88 Å². The molecule has 2 N–H and O–H groups in total. The zero-order valence-electron chi connectivity index (χ0n) is 10.6. The number of aromatic nitrogens is 2. The second-order valence-corrected chi connectivity index (χ2v) is 6.16. The molecular formula is C13H17N3OS. The van der Waals surface area contributed by atoms with Crippen molar-refractivity contribution in [1.29, 1.82) is 0 Å². The molecule has 0 bridgehead atoms. The summed E-state index contributed by atoms with van der Waals surface area (Å²) in [6.07, 6.45) is 4.78. The predicted molar refractivity (Wildman–Crippen MR) is 73.1 cm³/mol. The maximum absolute atomic E-state index is 6.03. The number of hydrogen-bond donors (Lipinski definition) is 1.